The first-order valence-corrected chi connectivity index (χ1v) is 11.1. The summed E-state index contributed by atoms with van der Waals surface area (Å²) in [6.45, 7) is 0.296. The summed E-state index contributed by atoms with van der Waals surface area (Å²) in [4.78, 5) is 25.8. The van der Waals surface area contributed by atoms with Gasteiger partial charge in [0.2, 0.25) is 0 Å². The number of hydrogen-bond acceptors (Lipinski definition) is 5. The molecule has 1 saturated carbocycles. The number of hydrogen-bond donors (Lipinski definition) is 2. The van der Waals surface area contributed by atoms with Crippen LogP contribution in [-0.2, 0) is 11.3 Å². The minimum atomic E-state index is -0.556. The Bertz CT molecular complexity index is 946. The van der Waals surface area contributed by atoms with E-state index in [9.17, 15) is 9.59 Å². The Labute approximate surface area is 193 Å². The van der Waals surface area contributed by atoms with E-state index in [1.165, 1.54) is 6.42 Å². The first kappa shape index (κ1) is 23.5. The normalized spacial score (nSPS) is 13.8. The lowest BCUT2D eigenvalue weighted by atomic mass is 9.94. The lowest BCUT2D eigenvalue weighted by Gasteiger charge is -2.36. The summed E-state index contributed by atoms with van der Waals surface area (Å²) in [5.74, 6) is 0.175. The average Bonchev–Trinajstić information content (AvgIpc) is 2.82. The molecule has 8 heteroatoms. The molecule has 7 nitrogen and oxygen atoms in total. The Morgan fingerprint density at radius 3 is 2.47 bits per heavy atom. The molecule has 2 amide bonds. The van der Waals surface area contributed by atoms with Crippen LogP contribution in [0.15, 0.2) is 48.5 Å². The predicted molar refractivity (Wildman–Crippen MR) is 127 cm³/mol. The third-order valence-corrected chi connectivity index (χ3v) is 5.82. The van der Waals surface area contributed by atoms with E-state index in [4.69, 9.17) is 27.4 Å². The van der Waals surface area contributed by atoms with Crippen LogP contribution in [0.1, 0.15) is 48.0 Å². The summed E-state index contributed by atoms with van der Waals surface area (Å²) in [5, 5.41) is 3.31. The first-order valence-electron chi connectivity index (χ1n) is 10.7. The van der Waals surface area contributed by atoms with E-state index in [1.54, 1.807) is 25.3 Å². The second-order valence-corrected chi connectivity index (χ2v) is 8.17. The van der Waals surface area contributed by atoms with Gasteiger partial charge in [-0.05, 0) is 54.9 Å². The van der Waals surface area contributed by atoms with E-state index >= 15 is 0 Å². The van der Waals surface area contributed by atoms with Gasteiger partial charge in [-0.1, -0.05) is 43.5 Å². The number of methoxy groups -OCH3 is 1. The Balaban J connectivity index is 1.77. The Morgan fingerprint density at radius 2 is 1.81 bits per heavy atom. The predicted octanol–water partition coefficient (Wildman–Crippen LogP) is 3.41. The molecule has 0 atom stereocenters. The van der Waals surface area contributed by atoms with Gasteiger partial charge in [0.1, 0.15) is 0 Å². The van der Waals surface area contributed by atoms with Crippen LogP contribution < -0.4 is 20.5 Å². The number of carbonyl (C=O) groups excluding carboxylic acids is 2. The summed E-state index contributed by atoms with van der Waals surface area (Å²) in [5.41, 5.74) is 6.68. The molecule has 1 fully saturated rings. The van der Waals surface area contributed by atoms with Gasteiger partial charge in [0.05, 0.1) is 7.11 Å². The number of primary amides is 1. The van der Waals surface area contributed by atoms with Crippen LogP contribution in [-0.4, -0.2) is 41.6 Å². The molecular formula is C24H29N3O4S. The second-order valence-electron chi connectivity index (χ2n) is 7.79. The van der Waals surface area contributed by atoms with E-state index in [1.807, 2.05) is 30.3 Å². The molecule has 2 aromatic carbocycles. The highest BCUT2D eigenvalue weighted by Gasteiger charge is 2.25. The van der Waals surface area contributed by atoms with Gasteiger partial charge in [-0.3, -0.25) is 14.9 Å². The van der Waals surface area contributed by atoms with Gasteiger partial charge in [0.15, 0.2) is 23.2 Å². The van der Waals surface area contributed by atoms with Crippen molar-refractivity contribution in [1.82, 2.24) is 10.2 Å². The standard InChI is InChI=1S/C24H29N3O4S/c1-30-21-14-17(12-13-20(21)31-16-22(25)28)15-27(19-10-6-3-7-11-19)24(32)26-23(29)18-8-4-2-5-9-18/h2,4-5,8-9,12-14,19H,3,6-7,10-11,15-16H2,1H3,(H2,25,28)(H,26,29,32). The summed E-state index contributed by atoms with van der Waals surface area (Å²) in [6, 6.07) is 14.8. The molecule has 2 aromatic rings. The molecule has 1 aliphatic carbocycles. The zero-order chi connectivity index (χ0) is 22.9. The number of carbonyl (C=O) groups is 2. The van der Waals surface area contributed by atoms with E-state index in [0.29, 0.717) is 28.7 Å². The maximum absolute atomic E-state index is 12.7. The van der Waals surface area contributed by atoms with Crippen molar-refractivity contribution >= 4 is 29.1 Å². The zero-order valence-corrected chi connectivity index (χ0v) is 19.0. The monoisotopic (exact) mass is 455 g/mol. The Kier molecular flexibility index (Phi) is 8.44. The van der Waals surface area contributed by atoms with Gasteiger partial charge in [-0.25, -0.2) is 0 Å². The van der Waals surface area contributed by atoms with Gasteiger partial charge in [-0.2, -0.15) is 0 Å². The molecule has 0 spiro atoms. The SMILES string of the molecule is COc1cc(CN(C(=S)NC(=O)c2ccccc2)C2CCCCC2)ccc1OCC(N)=O. The van der Waals surface area contributed by atoms with Crippen LogP contribution in [0.2, 0.25) is 0 Å². The molecule has 170 valence electrons. The van der Waals surface area contributed by atoms with Crippen molar-refractivity contribution in [3.05, 3.63) is 59.7 Å². The molecule has 0 bridgehead atoms. The molecule has 0 aliphatic heterocycles. The second kappa shape index (κ2) is 11.5. The third-order valence-electron chi connectivity index (χ3n) is 5.48. The average molecular weight is 456 g/mol. The van der Waals surface area contributed by atoms with Crippen molar-refractivity contribution in [1.29, 1.82) is 0 Å². The molecule has 3 rings (SSSR count). The lowest BCUT2D eigenvalue weighted by molar-refractivity contribution is -0.119. The Morgan fingerprint density at radius 1 is 1.09 bits per heavy atom. The number of amides is 2. The molecule has 0 aromatic heterocycles. The van der Waals surface area contributed by atoms with Crippen molar-refractivity contribution in [3.8, 4) is 11.5 Å². The number of thiocarbonyl (C=S) groups is 1. The fourth-order valence-corrected chi connectivity index (χ4v) is 4.17. The number of rotatable bonds is 8. The van der Waals surface area contributed by atoms with Crippen molar-refractivity contribution in [3.63, 3.8) is 0 Å². The highest BCUT2D eigenvalue weighted by molar-refractivity contribution is 7.80. The lowest BCUT2D eigenvalue weighted by Crippen LogP contribution is -2.48. The maximum Gasteiger partial charge on any atom is 0.257 e. The van der Waals surface area contributed by atoms with E-state index < -0.39 is 5.91 Å². The number of ether oxygens (including phenoxy) is 2. The molecular weight excluding hydrogens is 426 g/mol. The number of benzene rings is 2. The van der Waals surface area contributed by atoms with Gasteiger partial charge in [0, 0.05) is 18.2 Å². The molecule has 3 N–H and O–H groups in total. The highest BCUT2D eigenvalue weighted by atomic mass is 32.1. The molecule has 0 heterocycles. The summed E-state index contributed by atoms with van der Waals surface area (Å²) in [6.07, 6.45) is 5.54. The van der Waals surface area contributed by atoms with Crippen LogP contribution in [0, 0.1) is 0 Å². The summed E-state index contributed by atoms with van der Waals surface area (Å²) in [7, 11) is 1.54. The van der Waals surface area contributed by atoms with E-state index in [-0.39, 0.29) is 18.6 Å². The van der Waals surface area contributed by atoms with Gasteiger partial charge in [-0.15, -0.1) is 0 Å². The molecule has 1 aliphatic rings. The topological polar surface area (TPSA) is 93.9 Å². The Hall–Kier alpha value is -3.13. The fraction of sp³-hybridized carbons (Fsp3) is 0.375. The van der Waals surface area contributed by atoms with Crippen molar-refractivity contribution in [2.45, 2.75) is 44.7 Å². The molecule has 0 radical (unpaired) electrons. The van der Waals surface area contributed by atoms with E-state index in [0.717, 1.165) is 31.2 Å². The smallest absolute Gasteiger partial charge is 0.257 e. The highest BCUT2D eigenvalue weighted by Crippen LogP contribution is 2.30. The number of nitrogens with two attached hydrogens (primary N) is 1. The van der Waals surface area contributed by atoms with Crippen molar-refractivity contribution in [2.75, 3.05) is 13.7 Å². The van der Waals surface area contributed by atoms with Gasteiger partial charge < -0.3 is 20.1 Å². The minimum absolute atomic E-state index is 0.218. The molecule has 32 heavy (non-hydrogen) atoms. The fourth-order valence-electron chi connectivity index (χ4n) is 3.87. The van der Waals surface area contributed by atoms with Gasteiger partial charge >= 0.3 is 0 Å². The van der Waals surface area contributed by atoms with Crippen LogP contribution in [0.5, 0.6) is 11.5 Å². The van der Waals surface area contributed by atoms with Gasteiger partial charge in [0.25, 0.3) is 11.8 Å². The molecule has 0 unspecified atom stereocenters. The number of nitrogens with one attached hydrogen (secondary N) is 1. The third kappa shape index (κ3) is 6.43. The minimum Gasteiger partial charge on any atom is -0.493 e. The summed E-state index contributed by atoms with van der Waals surface area (Å²) < 4.78 is 10.8. The first-order chi connectivity index (χ1) is 15.5. The van der Waals surface area contributed by atoms with Crippen LogP contribution in [0.4, 0.5) is 0 Å². The van der Waals surface area contributed by atoms with E-state index in [2.05, 4.69) is 10.2 Å². The molecule has 0 saturated heterocycles. The van der Waals surface area contributed by atoms with Crippen LogP contribution in [0.25, 0.3) is 0 Å². The maximum atomic E-state index is 12.7. The van der Waals surface area contributed by atoms with Crippen molar-refractivity contribution in [2.24, 2.45) is 5.73 Å². The zero-order valence-electron chi connectivity index (χ0n) is 18.2. The van der Waals surface area contributed by atoms with Crippen molar-refractivity contribution < 1.29 is 19.1 Å². The number of nitrogens with zero attached hydrogens (tertiary/aromatic N) is 1. The van der Waals surface area contributed by atoms with Crippen LogP contribution >= 0.6 is 12.2 Å². The largest absolute Gasteiger partial charge is 0.493 e. The van der Waals surface area contributed by atoms with Crippen LogP contribution in [0.3, 0.4) is 0 Å². The quantitative estimate of drug-likeness (QED) is 0.593. The summed E-state index contributed by atoms with van der Waals surface area (Å²) >= 11 is 5.68.